The van der Waals surface area contributed by atoms with Crippen molar-refractivity contribution in [3.05, 3.63) is 52.1 Å². The maximum Gasteiger partial charge on any atom is 0.248 e. The molecule has 1 N–H and O–H groups in total. The van der Waals surface area contributed by atoms with Crippen LogP contribution in [-0.2, 0) is 11.3 Å². The Bertz CT molecular complexity index is 768. The summed E-state index contributed by atoms with van der Waals surface area (Å²) < 4.78 is 15.4. The van der Waals surface area contributed by atoms with E-state index in [1.165, 1.54) is 12.1 Å². The smallest absolute Gasteiger partial charge is 0.248 e. The summed E-state index contributed by atoms with van der Waals surface area (Å²) in [5.41, 5.74) is 2.48. The molecular formula is C18H21ClFN3O. The van der Waals surface area contributed by atoms with Crippen molar-refractivity contribution < 1.29 is 9.18 Å². The van der Waals surface area contributed by atoms with Crippen LogP contribution < -0.4 is 5.32 Å². The third-order valence-electron chi connectivity index (χ3n) is 3.61. The minimum absolute atomic E-state index is 0.158. The summed E-state index contributed by atoms with van der Waals surface area (Å²) in [7, 11) is 0. The SMILES string of the molecule is CCCCn1nc(C)c(/C=C/C(=O)Nc2cc(C)ccc2F)c1Cl. The van der Waals surface area contributed by atoms with Gasteiger partial charge in [-0.05, 0) is 44.0 Å². The molecule has 6 heteroatoms. The van der Waals surface area contributed by atoms with Crippen LogP contribution in [0.4, 0.5) is 10.1 Å². The van der Waals surface area contributed by atoms with Gasteiger partial charge in [0.05, 0.1) is 11.4 Å². The van der Waals surface area contributed by atoms with Crippen molar-refractivity contribution in [1.29, 1.82) is 0 Å². The van der Waals surface area contributed by atoms with Gasteiger partial charge in [-0.3, -0.25) is 9.48 Å². The fourth-order valence-electron chi connectivity index (χ4n) is 2.28. The van der Waals surface area contributed by atoms with Crippen molar-refractivity contribution in [3.8, 4) is 0 Å². The number of nitrogens with one attached hydrogen (secondary N) is 1. The van der Waals surface area contributed by atoms with Crippen LogP contribution in [0.3, 0.4) is 0 Å². The van der Waals surface area contributed by atoms with Crippen molar-refractivity contribution in [3.63, 3.8) is 0 Å². The second kappa shape index (κ2) is 8.11. The van der Waals surface area contributed by atoms with Crippen LogP contribution in [-0.4, -0.2) is 15.7 Å². The molecule has 1 heterocycles. The van der Waals surface area contributed by atoms with Crippen molar-refractivity contribution in [1.82, 2.24) is 9.78 Å². The van der Waals surface area contributed by atoms with Crippen molar-refractivity contribution in [2.24, 2.45) is 0 Å². The van der Waals surface area contributed by atoms with E-state index in [1.807, 2.05) is 13.8 Å². The Balaban J connectivity index is 2.11. The largest absolute Gasteiger partial charge is 0.320 e. The molecule has 2 aromatic rings. The van der Waals surface area contributed by atoms with Gasteiger partial charge in [-0.2, -0.15) is 5.10 Å². The lowest BCUT2D eigenvalue weighted by Gasteiger charge is -2.04. The molecule has 0 radical (unpaired) electrons. The molecule has 0 aliphatic heterocycles. The zero-order chi connectivity index (χ0) is 17.7. The Labute approximate surface area is 146 Å². The molecule has 0 saturated heterocycles. The Hall–Kier alpha value is -2.14. The van der Waals surface area contributed by atoms with E-state index in [4.69, 9.17) is 11.6 Å². The first kappa shape index (κ1) is 18.2. The lowest BCUT2D eigenvalue weighted by atomic mass is 10.2. The average Bonchev–Trinajstić information content (AvgIpc) is 2.81. The van der Waals surface area contributed by atoms with Crippen molar-refractivity contribution in [2.75, 3.05) is 5.32 Å². The summed E-state index contributed by atoms with van der Waals surface area (Å²) in [4.78, 5) is 12.0. The highest BCUT2D eigenvalue weighted by molar-refractivity contribution is 6.31. The molecule has 0 bridgehead atoms. The zero-order valence-electron chi connectivity index (χ0n) is 14.1. The topological polar surface area (TPSA) is 46.9 Å². The third-order valence-corrected chi connectivity index (χ3v) is 4.01. The van der Waals surface area contributed by atoms with Gasteiger partial charge in [0.2, 0.25) is 5.91 Å². The number of hydrogen-bond acceptors (Lipinski definition) is 2. The zero-order valence-corrected chi connectivity index (χ0v) is 14.8. The molecule has 128 valence electrons. The van der Waals surface area contributed by atoms with E-state index in [9.17, 15) is 9.18 Å². The standard InChI is InChI=1S/C18H21ClFN3O/c1-4-5-10-23-18(19)14(13(3)22-23)7-9-17(24)21-16-11-12(2)6-8-15(16)20/h6-9,11H,4-5,10H2,1-3H3,(H,21,24)/b9-7+. The molecule has 2 rings (SSSR count). The summed E-state index contributed by atoms with van der Waals surface area (Å²) in [6.45, 7) is 6.51. The summed E-state index contributed by atoms with van der Waals surface area (Å²) in [5.74, 6) is -0.889. The van der Waals surface area contributed by atoms with Crippen molar-refractivity contribution >= 4 is 29.3 Å². The minimum atomic E-state index is -0.469. The van der Waals surface area contributed by atoms with Crippen LogP contribution in [0.1, 0.15) is 36.6 Å². The maximum atomic E-state index is 13.7. The Morgan fingerprint density at radius 1 is 1.42 bits per heavy atom. The maximum absolute atomic E-state index is 13.7. The molecule has 1 aromatic carbocycles. The molecule has 1 aromatic heterocycles. The van der Waals surface area contributed by atoms with Crippen LogP contribution >= 0.6 is 11.6 Å². The fraction of sp³-hybridized carbons (Fsp3) is 0.333. The summed E-state index contributed by atoms with van der Waals surface area (Å²) in [5, 5.41) is 7.41. The number of hydrogen-bond donors (Lipinski definition) is 1. The summed E-state index contributed by atoms with van der Waals surface area (Å²) in [6.07, 6.45) is 4.97. The first-order valence-corrected chi connectivity index (χ1v) is 8.28. The Morgan fingerprint density at radius 2 is 2.17 bits per heavy atom. The van der Waals surface area contributed by atoms with Gasteiger partial charge in [-0.25, -0.2) is 4.39 Å². The van der Waals surface area contributed by atoms with Crippen molar-refractivity contribution in [2.45, 2.75) is 40.2 Å². The molecule has 0 saturated carbocycles. The number of nitrogens with zero attached hydrogens (tertiary/aromatic N) is 2. The van der Waals surface area contributed by atoms with Gasteiger partial charge < -0.3 is 5.32 Å². The molecular weight excluding hydrogens is 329 g/mol. The normalized spacial score (nSPS) is 11.2. The Morgan fingerprint density at radius 3 is 2.88 bits per heavy atom. The number of unbranched alkanes of at least 4 members (excludes halogenated alkanes) is 1. The molecule has 0 aliphatic rings. The molecule has 0 atom stereocenters. The third kappa shape index (κ3) is 4.45. The number of carbonyl (C=O) groups is 1. The van der Waals surface area contributed by atoms with Gasteiger partial charge in [0.25, 0.3) is 0 Å². The number of anilines is 1. The number of amides is 1. The average molecular weight is 350 g/mol. The molecule has 0 unspecified atom stereocenters. The fourth-order valence-corrected chi connectivity index (χ4v) is 2.60. The second-order valence-corrected chi connectivity index (χ2v) is 6.03. The summed E-state index contributed by atoms with van der Waals surface area (Å²) in [6, 6.07) is 4.56. The van der Waals surface area contributed by atoms with Gasteiger partial charge >= 0.3 is 0 Å². The highest BCUT2D eigenvalue weighted by Gasteiger charge is 2.11. The van der Waals surface area contributed by atoms with Crippen LogP contribution in [0.15, 0.2) is 24.3 Å². The number of rotatable bonds is 6. The predicted molar refractivity (Wildman–Crippen MR) is 95.7 cm³/mol. The monoisotopic (exact) mass is 349 g/mol. The van der Waals surface area contributed by atoms with Gasteiger partial charge in [-0.1, -0.05) is 31.0 Å². The number of carbonyl (C=O) groups excluding carboxylic acids is 1. The minimum Gasteiger partial charge on any atom is -0.320 e. The van der Waals surface area contributed by atoms with E-state index in [0.29, 0.717) is 10.7 Å². The van der Waals surface area contributed by atoms with Gasteiger partial charge in [0, 0.05) is 18.2 Å². The van der Waals surface area contributed by atoms with E-state index in [2.05, 4.69) is 17.3 Å². The highest BCUT2D eigenvalue weighted by Crippen LogP contribution is 2.22. The first-order valence-electron chi connectivity index (χ1n) is 7.90. The lowest BCUT2D eigenvalue weighted by molar-refractivity contribution is -0.111. The van der Waals surface area contributed by atoms with Crippen LogP contribution in [0.2, 0.25) is 5.15 Å². The quantitative estimate of drug-likeness (QED) is 0.765. The van der Waals surface area contributed by atoms with Crippen LogP contribution in [0, 0.1) is 19.7 Å². The lowest BCUT2D eigenvalue weighted by Crippen LogP contribution is -2.09. The van der Waals surface area contributed by atoms with E-state index in [-0.39, 0.29) is 5.69 Å². The number of halogens is 2. The van der Waals surface area contributed by atoms with E-state index in [0.717, 1.165) is 30.6 Å². The molecule has 24 heavy (non-hydrogen) atoms. The molecule has 0 fully saturated rings. The van der Waals surface area contributed by atoms with E-state index in [1.54, 1.807) is 22.9 Å². The van der Waals surface area contributed by atoms with Gasteiger partial charge in [0.15, 0.2) is 0 Å². The highest BCUT2D eigenvalue weighted by atomic mass is 35.5. The van der Waals surface area contributed by atoms with Gasteiger partial charge in [0.1, 0.15) is 11.0 Å². The predicted octanol–water partition coefficient (Wildman–Crippen LogP) is 4.74. The van der Waals surface area contributed by atoms with E-state index < -0.39 is 11.7 Å². The van der Waals surface area contributed by atoms with Crippen LogP contribution in [0.5, 0.6) is 0 Å². The molecule has 0 spiro atoms. The molecule has 0 aliphatic carbocycles. The summed E-state index contributed by atoms with van der Waals surface area (Å²) >= 11 is 6.31. The molecule has 4 nitrogen and oxygen atoms in total. The number of aromatic nitrogens is 2. The van der Waals surface area contributed by atoms with Gasteiger partial charge in [-0.15, -0.1) is 0 Å². The van der Waals surface area contributed by atoms with Crippen LogP contribution in [0.25, 0.3) is 6.08 Å². The number of aryl methyl sites for hydroxylation is 3. The molecule has 1 amide bonds. The number of benzene rings is 1. The first-order chi connectivity index (χ1) is 11.4. The van der Waals surface area contributed by atoms with E-state index >= 15 is 0 Å². The Kier molecular flexibility index (Phi) is 6.15. The second-order valence-electron chi connectivity index (χ2n) is 5.67.